The van der Waals surface area contributed by atoms with Crippen LogP contribution in [-0.4, -0.2) is 51.6 Å². The van der Waals surface area contributed by atoms with Gasteiger partial charge in [-0.05, 0) is 19.5 Å². The van der Waals surface area contributed by atoms with E-state index in [9.17, 15) is 14.3 Å². The summed E-state index contributed by atoms with van der Waals surface area (Å²) >= 11 is 0.744. The van der Waals surface area contributed by atoms with Crippen LogP contribution in [0.5, 0.6) is 0 Å². The van der Waals surface area contributed by atoms with E-state index in [4.69, 9.17) is 5.41 Å². The van der Waals surface area contributed by atoms with E-state index in [0.717, 1.165) is 18.0 Å². The maximum Gasteiger partial charge on any atom is 0.373 e. The van der Waals surface area contributed by atoms with Crippen LogP contribution in [0.1, 0.15) is 20.3 Å². The highest BCUT2D eigenvalue weighted by Gasteiger charge is 2.20. The van der Waals surface area contributed by atoms with Gasteiger partial charge < -0.3 is 15.3 Å². The van der Waals surface area contributed by atoms with Crippen LogP contribution in [0.3, 0.4) is 0 Å². The van der Waals surface area contributed by atoms with Crippen LogP contribution in [0.4, 0.5) is 4.39 Å². The number of hydrogen-bond acceptors (Lipinski definition) is 6. The molecule has 0 spiro atoms. The molecule has 25 heavy (non-hydrogen) atoms. The highest BCUT2D eigenvalue weighted by molar-refractivity contribution is 8.14. The predicted molar refractivity (Wildman–Crippen MR) is 100 cm³/mol. The summed E-state index contributed by atoms with van der Waals surface area (Å²) in [5.41, 5.74) is 2.23. The SMILES string of the molecule is C=CN=C(C(=O)O)N(C)N/C(CC)=C(\NC=C)N(C)C(=N)SC(C)F. The zero-order chi connectivity index (χ0) is 19.6. The summed E-state index contributed by atoms with van der Waals surface area (Å²) < 4.78 is 13.2. The lowest BCUT2D eigenvalue weighted by Crippen LogP contribution is -2.45. The number of nitrogens with zero attached hydrogens (tertiary/aromatic N) is 3. The number of carboxylic acids is 1. The molecule has 0 fully saturated rings. The van der Waals surface area contributed by atoms with E-state index < -0.39 is 11.5 Å². The van der Waals surface area contributed by atoms with Gasteiger partial charge in [-0.3, -0.25) is 15.8 Å². The van der Waals surface area contributed by atoms with Crippen molar-refractivity contribution in [2.24, 2.45) is 4.99 Å². The fourth-order valence-electron chi connectivity index (χ4n) is 1.74. The van der Waals surface area contributed by atoms with Crippen LogP contribution < -0.4 is 10.7 Å². The molecule has 0 heterocycles. The maximum absolute atomic E-state index is 13.2. The summed E-state index contributed by atoms with van der Waals surface area (Å²) in [6.45, 7) is 10.2. The molecule has 8 nitrogen and oxygen atoms in total. The van der Waals surface area contributed by atoms with E-state index in [2.05, 4.69) is 28.9 Å². The molecule has 1 unspecified atom stereocenters. The number of rotatable bonds is 8. The lowest BCUT2D eigenvalue weighted by atomic mass is 10.3. The van der Waals surface area contributed by atoms with E-state index >= 15 is 0 Å². The summed E-state index contributed by atoms with van der Waals surface area (Å²) in [6.07, 6.45) is 3.01. The first kappa shape index (κ1) is 22.5. The summed E-state index contributed by atoms with van der Waals surface area (Å²) in [7, 11) is 3.08. The minimum atomic E-state index is -1.24. The first-order valence-corrected chi connectivity index (χ1v) is 8.23. The first-order valence-electron chi connectivity index (χ1n) is 7.35. The molecule has 0 saturated heterocycles. The van der Waals surface area contributed by atoms with Gasteiger partial charge in [0.1, 0.15) is 11.3 Å². The molecule has 0 bridgehead atoms. The number of carbonyl (C=O) groups is 1. The highest BCUT2D eigenvalue weighted by atomic mass is 32.2. The molecule has 0 aliphatic carbocycles. The van der Waals surface area contributed by atoms with Crippen LogP contribution in [0.25, 0.3) is 0 Å². The molecule has 0 radical (unpaired) electrons. The van der Waals surface area contributed by atoms with Crippen molar-refractivity contribution in [2.45, 2.75) is 25.8 Å². The number of alkyl halides is 1. The molecule has 1 atom stereocenters. The van der Waals surface area contributed by atoms with E-state index in [1.807, 2.05) is 6.92 Å². The van der Waals surface area contributed by atoms with E-state index in [-0.39, 0.29) is 11.0 Å². The second-order valence-electron chi connectivity index (χ2n) is 4.67. The molecule has 10 heteroatoms. The molecule has 0 saturated carbocycles. The van der Waals surface area contributed by atoms with Crippen molar-refractivity contribution in [3.05, 3.63) is 37.1 Å². The van der Waals surface area contributed by atoms with Gasteiger partial charge in [-0.1, -0.05) is 31.8 Å². The van der Waals surface area contributed by atoms with E-state index in [1.54, 1.807) is 7.05 Å². The third kappa shape index (κ3) is 7.29. The molecule has 0 aromatic carbocycles. The Hall–Kier alpha value is -2.49. The van der Waals surface area contributed by atoms with Gasteiger partial charge in [-0.25, -0.2) is 14.2 Å². The molecular formula is C15H25FN6O2S. The Morgan fingerprint density at radius 2 is 2.08 bits per heavy atom. The van der Waals surface area contributed by atoms with Crippen LogP contribution in [0.15, 0.2) is 42.1 Å². The van der Waals surface area contributed by atoms with Crippen LogP contribution in [0, 0.1) is 5.41 Å². The summed E-state index contributed by atoms with van der Waals surface area (Å²) in [6, 6.07) is 0. The number of nitrogens with one attached hydrogen (secondary N) is 3. The quantitative estimate of drug-likeness (QED) is 0.294. The average molecular weight is 372 g/mol. The number of likely N-dealkylation sites (N-methyl/N-ethyl adjacent to an activating group) is 1. The minimum Gasteiger partial charge on any atom is -0.475 e. The van der Waals surface area contributed by atoms with E-state index in [1.165, 1.54) is 30.1 Å². The van der Waals surface area contributed by atoms with Crippen molar-refractivity contribution in [1.29, 1.82) is 5.41 Å². The standard InChI is InChI=1S/C15H25FN6O2S/c1-7-11(20-22(6)13(14(23)24)19-9-3)12(18-8-2)21(5)15(17)25-10(4)16/h8-10,17-18,20H,2-3,7H2,1,4-6H3,(H,23,24)/b12-11+,17-15?,19-13?. The average Bonchev–Trinajstić information content (AvgIpc) is 2.53. The van der Waals surface area contributed by atoms with Crippen molar-refractivity contribution < 1.29 is 14.3 Å². The summed E-state index contributed by atoms with van der Waals surface area (Å²) in [5.74, 6) is -1.05. The van der Waals surface area contributed by atoms with Gasteiger partial charge >= 0.3 is 5.97 Å². The molecular weight excluding hydrogens is 347 g/mol. The fraction of sp³-hybridized carbons (Fsp3) is 0.400. The zero-order valence-corrected chi connectivity index (χ0v) is 15.7. The van der Waals surface area contributed by atoms with Crippen LogP contribution >= 0.6 is 11.8 Å². The molecule has 0 amide bonds. The lowest BCUT2D eigenvalue weighted by molar-refractivity contribution is -0.130. The first-order chi connectivity index (χ1) is 11.7. The third-order valence-corrected chi connectivity index (χ3v) is 3.64. The molecule has 4 N–H and O–H groups in total. The zero-order valence-electron chi connectivity index (χ0n) is 14.8. The van der Waals surface area contributed by atoms with Crippen molar-refractivity contribution in [3.63, 3.8) is 0 Å². The number of hydrogen-bond donors (Lipinski definition) is 4. The number of amidine groups is 2. The molecule has 0 rings (SSSR count). The lowest BCUT2D eigenvalue weighted by Gasteiger charge is -2.29. The van der Waals surface area contributed by atoms with Crippen molar-refractivity contribution in [3.8, 4) is 0 Å². The smallest absolute Gasteiger partial charge is 0.373 e. The molecule has 0 aliphatic heterocycles. The Bertz CT molecular complexity index is 576. The van der Waals surface area contributed by atoms with Crippen molar-refractivity contribution >= 4 is 28.7 Å². The van der Waals surface area contributed by atoms with Crippen molar-refractivity contribution in [1.82, 2.24) is 20.7 Å². The van der Waals surface area contributed by atoms with Gasteiger partial charge in [-0.15, -0.1) is 0 Å². The molecule has 0 aromatic heterocycles. The number of aliphatic carboxylic acids is 1. The molecule has 0 aromatic rings. The van der Waals surface area contributed by atoms with Gasteiger partial charge in [0.05, 0.1) is 5.70 Å². The number of carboxylic acid groups (broad SMARTS) is 1. The van der Waals surface area contributed by atoms with Gasteiger partial charge in [0.15, 0.2) is 5.17 Å². The van der Waals surface area contributed by atoms with Gasteiger partial charge in [-0.2, -0.15) is 0 Å². The second kappa shape index (κ2) is 11.1. The fourth-order valence-corrected chi connectivity index (χ4v) is 2.30. The Kier molecular flexibility index (Phi) is 10.0. The van der Waals surface area contributed by atoms with Crippen LogP contribution in [-0.2, 0) is 4.79 Å². The number of halogens is 1. The Morgan fingerprint density at radius 1 is 1.48 bits per heavy atom. The van der Waals surface area contributed by atoms with Gasteiger partial charge in [0.2, 0.25) is 5.84 Å². The number of aliphatic imine (C=N–C) groups is 1. The van der Waals surface area contributed by atoms with Crippen LogP contribution in [0.2, 0.25) is 0 Å². The monoisotopic (exact) mass is 372 g/mol. The normalized spacial score (nSPS) is 13.2. The van der Waals surface area contributed by atoms with E-state index in [0.29, 0.717) is 17.9 Å². The Balaban J connectivity index is 5.70. The summed E-state index contributed by atoms with van der Waals surface area (Å²) in [5, 5.41) is 21.3. The Morgan fingerprint density at radius 3 is 2.48 bits per heavy atom. The largest absolute Gasteiger partial charge is 0.475 e. The third-order valence-electron chi connectivity index (χ3n) is 2.82. The summed E-state index contributed by atoms with van der Waals surface area (Å²) in [4.78, 5) is 16.4. The highest BCUT2D eigenvalue weighted by Crippen LogP contribution is 2.18. The Labute approximate surface area is 151 Å². The predicted octanol–water partition coefficient (Wildman–Crippen LogP) is 2.28. The van der Waals surface area contributed by atoms with Gasteiger partial charge in [0, 0.05) is 20.3 Å². The second-order valence-corrected chi connectivity index (χ2v) is 5.94. The van der Waals surface area contributed by atoms with Crippen molar-refractivity contribution in [2.75, 3.05) is 14.1 Å². The maximum atomic E-state index is 13.2. The number of thioether (sulfide) groups is 1. The number of hydrazine groups is 1. The minimum absolute atomic E-state index is 0.0204. The molecule has 0 aliphatic rings. The van der Waals surface area contributed by atoms with Gasteiger partial charge in [0.25, 0.3) is 0 Å². The topological polar surface area (TPSA) is 104 Å². The molecule has 140 valence electrons. The number of allylic oxidation sites excluding steroid dienone is 1.